The summed E-state index contributed by atoms with van der Waals surface area (Å²) in [6.07, 6.45) is -0.742. The highest BCUT2D eigenvalue weighted by molar-refractivity contribution is 9.10. The predicted molar refractivity (Wildman–Crippen MR) is 75.6 cm³/mol. The van der Waals surface area contributed by atoms with E-state index in [1.54, 1.807) is 13.2 Å². The van der Waals surface area contributed by atoms with Crippen LogP contribution in [0.25, 0.3) is 0 Å². The molecule has 0 aromatic heterocycles. The van der Waals surface area contributed by atoms with Gasteiger partial charge in [-0.3, -0.25) is 0 Å². The molecule has 0 saturated carbocycles. The van der Waals surface area contributed by atoms with Crippen LogP contribution in [0.4, 0.5) is 5.69 Å². The maximum absolute atomic E-state index is 10.3. The Morgan fingerprint density at radius 2 is 1.83 bits per heavy atom. The molecule has 2 aromatic rings. The molecule has 4 heteroatoms. The molecule has 0 aliphatic heterocycles. The molecule has 2 rings (SSSR count). The average molecular weight is 308 g/mol. The van der Waals surface area contributed by atoms with Gasteiger partial charge in [0.2, 0.25) is 0 Å². The molecule has 1 atom stereocenters. The summed E-state index contributed by atoms with van der Waals surface area (Å²) < 4.78 is 5.97. The fourth-order valence-corrected chi connectivity index (χ4v) is 2.13. The molecule has 2 aromatic carbocycles. The maximum Gasteiger partial charge on any atom is 0.118 e. The van der Waals surface area contributed by atoms with Gasteiger partial charge in [-0.15, -0.1) is 0 Å². The molecule has 18 heavy (non-hydrogen) atoms. The lowest BCUT2D eigenvalue weighted by Crippen LogP contribution is -2.03. The summed E-state index contributed by atoms with van der Waals surface area (Å²) in [4.78, 5) is 0. The third-order valence-corrected chi connectivity index (χ3v) is 3.27. The van der Waals surface area contributed by atoms with Crippen molar-refractivity contribution in [3.05, 3.63) is 58.1 Å². The largest absolute Gasteiger partial charge is 0.497 e. The minimum Gasteiger partial charge on any atom is -0.497 e. The first-order valence-electron chi connectivity index (χ1n) is 5.48. The number of hydrogen-bond donors (Lipinski definition) is 2. The molecule has 0 radical (unpaired) electrons. The number of nitrogens with two attached hydrogens (primary N) is 1. The van der Waals surface area contributed by atoms with Crippen LogP contribution in [0.1, 0.15) is 17.2 Å². The molecular formula is C14H14BrNO2. The highest BCUT2D eigenvalue weighted by atomic mass is 79.9. The second-order valence-electron chi connectivity index (χ2n) is 3.95. The van der Waals surface area contributed by atoms with Crippen molar-refractivity contribution >= 4 is 21.6 Å². The van der Waals surface area contributed by atoms with E-state index in [1.165, 1.54) is 0 Å². The molecule has 3 N–H and O–H groups in total. The normalized spacial score (nSPS) is 12.2. The summed E-state index contributed by atoms with van der Waals surface area (Å²) in [7, 11) is 1.61. The summed E-state index contributed by atoms with van der Waals surface area (Å²) in [6.45, 7) is 0. The fraction of sp³-hybridized carbons (Fsp3) is 0.143. The van der Waals surface area contributed by atoms with Crippen molar-refractivity contribution < 1.29 is 9.84 Å². The molecular weight excluding hydrogens is 294 g/mol. The first-order chi connectivity index (χ1) is 8.61. The minimum atomic E-state index is -0.742. The van der Waals surface area contributed by atoms with Crippen LogP contribution in [0.3, 0.4) is 0 Å². The Bertz CT molecular complexity index is 540. The van der Waals surface area contributed by atoms with Gasteiger partial charge in [-0.25, -0.2) is 0 Å². The molecule has 94 valence electrons. The van der Waals surface area contributed by atoms with Gasteiger partial charge >= 0.3 is 0 Å². The number of aliphatic hydroxyl groups is 1. The molecule has 0 aliphatic carbocycles. The van der Waals surface area contributed by atoms with Gasteiger partial charge in [0.1, 0.15) is 11.9 Å². The standard InChI is InChI=1S/C14H14BrNO2/c1-18-11-5-2-9(3-6-11)14(17)12-8-10(15)4-7-13(12)16/h2-8,14,17H,16H2,1H3. The number of benzene rings is 2. The van der Waals surface area contributed by atoms with E-state index in [4.69, 9.17) is 10.5 Å². The fourth-order valence-electron chi connectivity index (χ4n) is 1.75. The average Bonchev–Trinajstić information content (AvgIpc) is 2.41. The van der Waals surface area contributed by atoms with Crippen LogP contribution in [0.2, 0.25) is 0 Å². The monoisotopic (exact) mass is 307 g/mol. The molecule has 0 fully saturated rings. The van der Waals surface area contributed by atoms with Gasteiger partial charge < -0.3 is 15.6 Å². The van der Waals surface area contributed by atoms with Gasteiger partial charge in [-0.2, -0.15) is 0 Å². The second-order valence-corrected chi connectivity index (χ2v) is 4.86. The molecule has 3 nitrogen and oxygen atoms in total. The number of aliphatic hydroxyl groups excluding tert-OH is 1. The van der Waals surface area contributed by atoms with E-state index in [2.05, 4.69) is 15.9 Å². The van der Waals surface area contributed by atoms with Crippen molar-refractivity contribution in [3.8, 4) is 5.75 Å². The van der Waals surface area contributed by atoms with Crippen molar-refractivity contribution in [2.75, 3.05) is 12.8 Å². The molecule has 0 aliphatic rings. The van der Waals surface area contributed by atoms with E-state index >= 15 is 0 Å². The number of ether oxygens (including phenoxy) is 1. The Kier molecular flexibility index (Phi) is 3.89. The highest BCUT2D eigenvalue weighted by Gasteiger charge is 2.13. The van der Waals surface area contributed by atoms with Crippen molar-refractivity contribution in [1.82, 2.24) is 0 Å². The van der Waals surface area contributed by atoms with E-state index in [9.17, 15) is 5.11 Å². The summed E-state index contributed by atoms with van der Waals surface area (Å²) in [6, 6.07) is 12.7. The predicted octanol–water partition coefficient (Wildman–Crippen LogP) is 3.12. The van der Waals surface area contributed by atoms with Gasteiger partial charge in [0.15, 0.2) is 0 Å². The van der Waals surface area contributed by atoms with E-state index in [1.807, 2.05) is 36.4 Å². The first kappa shape index (κ1) is 12.9. The van der Waals surface area contributed by atoms with Crippen molar-refractivity contribution in [2.45, 2.75) is 6.10 Å². The van der Waals surface area contributed by atoms with E-state index in [-0.39, 0.29) is 0 Å². The minimum absolute atomic E-state index is 0.571. The number of nitrogen functional groups attached to an aromatic ring is 1. The number of methoxy groups -OCH3 is 1. The van der Waals surface area contributed by atoms with Crippen LogP contribution >= 0.6 is 15.9 Å². The molecule has 1 unspecified atom stereocenters. The highest BCUT2D eigenvalue weighted by Crippen LogP contribution is 2.30. The Balaban J connectivity index is 2.34. The number of halogens is 1. The van der Waals surface area contributed by atoms with Crippen LogP contribution < -0.4 is 10.5 Å². The van der Waals surface area contributed by atoms with E-state index in [0.29, 0.717) is 11.3 Å². The molecule has 0 spiro atoms. The van der Waals surface area contributed by atoms with Crippen molar-refractivity contribution in [2.24, 2.45) is 0 Å². The molecule has 0 saturated heterocycles. The number of anilines is 1. The molecule has 0 amide bonds. The SMILES string of the molecule is COc1ccc(C(O)c2cc(Br)ccc2N)cc1. The zero-order valence-electron chi connectivity index (χ0n) is 9.93. The lowest BCUT2D eigenvalue weighted by atomic mass is 10.00. The summed E-state index contributed by atoms with van der Waals surface area (Å²) in [5.74, 6) is 0.758. The van der Waals surface area contributed by atoms with Gasteiger partial charge in [-0.1, -0.05) is 28.1 Å². The topological polar surface area (TPSA) is 55.5 Å². The summed E-state index contributed by atoms with van der Waals surface area (Å²) in [5.41, 5.74) is 7.92. The van der Waals surface area contributed by atoms with Gasteiger partial charge in [0.05, 0.1) is 7.11 Å². The second kappa shape index (κ2) is 5.42. The van der Waals surface area contributed by atoms with E-state index < -0.39 is 6.10 Å². The Morgan fingerprint density at radius 1 is 1.17 bits per heavy atom. The summed E-state index contributed by atoms with van der Waals surface area (Å²) in [5, 5.41) is 10.3. The Morgan fingerprint density at radius 3 is 2.44 bits per heavy atom. The van der Waals surface area contributed by atoms with Crippen LogP contribution in [-0.4, -0.2) is 12.2 Å². The lowest BCUT2D eigenvalue weighted by molar-refractivity contribution is 0.221. The maximum atomic E-state index is 10.3. The Labute approximate surface area is 114 Å². The van der Waals surface area contributed by atoms with Gasteiger partial charge in [-0.05, 0) is 35.9 Å². The van der Waals surface area contributed by atoms with Gasteiger partial charge in [0, 0.05) is 15.7 Å². The first-order valence-corrected chi connectivity index (χ1v) is 6.28. The molecule has 0 bridgehead atoms. The number of hydrogen-bond acceptors (Lipinski definition) is 3. The molecule has 0 heterocycles. The third-order valence-electron chi connectivity index (χ3n) is 2.77. The Hall–Kier alpha value is -1.52. The van der Waals surface area contributed by atoms with Crippen molar-refractivity contribution in [3.63, 3.8) is 0 Å². The zero-order chi connectivity index (χ0) is 13.1. The third kappa shape index (κ3) is 2.66. The van der Waals surface area contributed by atoms with Crippen LogP contribution in [0.15, 0.2) is 46.9 Å². The van der Waals surface area contributed by atoms with Crippen LogP contribution in [0, 0.1) is 0 Å². The van der Waals surface area contributed by atoms with E-state index in [0.717, 1.165) is 15.8 Å². The number of rotatable bonds is 3. The zero-order valence-corrected chi connectivity index (χ0v) is 11.5. The smallest absolute Gasteiger partial charge is 0.118 e. The van der Waals surface area contributed by atoms with Crippen molar-refractivity contribution in [1.29, 1.82) is 0 Å². The van der Waals surface area contributed by atoms with Gasteiger partial charge in [0.25, 0.3) is 0 Å². The van der Waals surface area contributed by atoms with Crippen LogP contribution in [-0.2, 0) is 0 Å². The quantitative estimate of drug-likeness (QED) is 0.857. The summed E-state index contributed by atoms with van der Waals surface area (Å²) >= 11 is 3.37. The van der Waals surface area contributed by atoms with Crippen LogP contribution in [0.5, 0.6) is 5.75 Å². The lowest BCUT2D eigenvalue weighted by Gasteiger charge is -2.14.